The molecule has 0 saturated heterocycles. The maximum absolute atomic E-state index is 11.7. The minimum absolute atomic E-state index is 0.0527. The second-order valence-corrected chi connectivity index (χ2v) is 5.89. The summed E-state index contributed by atoms with van der Waals surface area (Å²) in [7, 11) is 0. The quantitative estimate of drug-likeness (QED) is 0.651. The number of amides is 2. The molecular formula is C13H17BrN2O3S. The summed E-state index contributed by atoms with van der Waals surface area (Å²) in [5.74, 6) is -0.0157. The molecule has 3 N–H and O–H groups in total. The van der Waals surface area contributed by atoms with E-state index in [1.807, 2.05) is 6.26 Å². The summed E-state index contributed by atoms with van der Waals surface area (Å²) >= 11 is 5.01. The van der Waals surface area contributed by atoms with E-state index in [0.717, 1.165) is 18.6 Å². The number of rotatable bonds is 7. The number of para-hydroxylation sites is 1. The number of urea groups is 1. The summed E-state index contributed by atoms with van der Waals surface area (Å²) in [4.78, 5) is 22.8. The lowest BCUT2D eigenvalue weighted by atomic mass is 10.2. The number of carboxylic acids is 1. The van der Waals surface area contributed by atoms with Crippen molar-refractivity contribution in [1.29, 1.82) is 0 Å². The maximum atomic E-state index is 11.7. The fraction of sp³-hybridized carbons (Fsp3) is 0.385. The molecule has 5 nitrogen and oxygen atoms in total. The third kappa shape index (κ3) is 5.42. The topological polar surface area (TPSA) is 78.4 Å². The van der Waals surface area contributed by atoms with E-state index in [4.69, 9.17) is 5.11 Å². The van der Waals surface area contributed by atoms with Crippen molar-refractivity contribution in [2.75, 3.05) is 23.9 Å². The standard InChI is InChI=1S/C13H17BrN2O3S/c1-20-8-3-2-7-15-13(19)16-11-9(12(17)18)5-4-6-10(11)14/h4-6H,2-3,7-8H2,1H3,(H,17,18)(H2,15,16,19). The van der Waals surface area contributed by atoms with Crippen LogP contribution in [0.1, 0.15) is 23.2 Å². The Kier molecular flexibility index (Phi) is 7.46. The molecular weight excluding hydrogens is 344 g/mol. The first-order chi connectivity index (χ1) is 9.56. The Bertz CT molecular complexity index is 483. The number of aromatic carboxylic acids is 1. The van der Waals surface area contributed by atoms with Crippen LogP contribution in [-0.2, 0) is 0 Å². The Morgan fingerprint density at radius 1 is 1.35 bits per heavy atom. The van der Waals surface area contributed by atoms with Crippen LogP contribution in [0.4, 0.5) is 10.5 Å². The molecule has 0 aliphatic heterocycles. The van der Waals surface area contributed by atoms with Gasteiger partial charge in [0.15, 0.2) is 0 Å². The third-order valence-electron chi connectivity index (χ3n) is 2.54. The molecule has 0 aliphatic rings. The van der Waals surface area contributed by atoms with Crippen LogP contribution < -0.4 is 10.6 Å². The molecule has 0 fully saturated rings. The zero-order valence-corrected chi connectivity index (χ0v) is 13.5. The average molecular weight is 361 g/mol. The number of thioether (sulfide) groups is 1. The van der Waals surface area contributed by atoms with E-state index in [9.17, 15) is 9.59 Å². The lowest BCUT2D eigenvalue weighted by Crippen LogP contribution is -2.30. The highest BCUT2D eigenvalue weighted by atomic mass is 79.9. The minimum Gasteiger partial charge on any atom is -0.478 e. The lowest BCUT2D eigenvalue weighted by Gasteiger charge is -2.11. The van der Waals surface area contributed by atoms with Crippen molar-refractivity contribution in [2.45, 2.75) is 12.8 Å². The number of halogens is 1. The zero-order valence-electron chi connectivity index (χ0n) is 11.1. The smallest absolute Gasteiger partial charge is 0.337 e. The molecule has 0 aliphatic carbocycles. The van der Waals surface area contributed by atoms with Crippen molar-refractivity contribution < 1.29 is 14.7 Å². The molecule has 0 bridgehead atoms. The second-order valence-electron chi connectivity index (χ2n) is 4.05. The summed E-state index contributed by atoms with van der Waals surface area (Å²) < 4.78 is 0.537. The number of hydrogen-bond donors (Lipinski definition) is 3. The predicted molar refractivity (Wildman–Crippen MR) is 85.7 cm³/mol. The number of nitrogens with one attached hydrogen (secondary N) is 2. The average Bonchev–Trinajstić information content (AvgIpc) is 2.40. The van der Waals surface area contributed by atoms with E-state index >= 15 is 0 Å². The number of unbranched alkanes of at least 4 members (excludes halogenated alkanes) is 1. The molecule has 0 saturated carbocycles. The molecule has 1 aromatic rings. The Balaban J connectivity index is 2.55. The van der Waals surface area contributed by atoms with Crippen LogP contribution in [0.15, 0.2) is 22.7 Å². The first-order valence-electron chi connectivity index (χ1n) is 6.12. The first-order valence-corrected chi connectivity index (χ1v) is 8.30. The van der Waals surface area contributed by atoms with E-state index < -0.39 is 12.0 Å². The van der Waals surface area contributed by atoms with Gasteiger partial charge in [-0.25, -0.2) is 9.59 Å². The summed E-state index contributed by atoms with van der Waals surface area (Å²) in [6.45, 7) is 0.569. The molecule has 0 atom stereocenters. The second kappa shape index (κ2) is 8.86. The predicted octanol–water partition coefficient (Wildman–Crippen LogP) is 3.41. The minimum atomic E-state index is -1.08. The van der Waals surface area contributed by atoms with E-state index in [1.165, 1.54) is 6.07 Å². The number of benzene rings is 1. The van der Waals surface area contributed by atoms with Gasteiger partial charge in [0.1, 0.15) is 0 Å². The molecule has 1 aromatic carbocycles. The highest BCUT2D eigenvalue weighted by molar-refractivity contribution is 9.10. The fourth-order valence-corrected chi connectivity index (χ4v) is 2.52. The van der Waals surface area contributed by atoms with Crippen molar-refractivity contribution >= 4 is 45.4 Å². The van der Waals surface area contributed by atoms with Crippen molar-refractivity contribution in [3.8, 4) is 0 Å². The van der Waals surface area contributed by atoms with Crippen LogP contribution in [0.3, 0.4) is 0 Å². The largest absolute Gasteiger partial charge is 0.478 e. The van der Waals surface area contributed by atoms with Gasteiger partial charge in [0.2, 0.25) is 0 Å². The van der Waals surface area contributed by atoms with Gasteiger partial charge < -0.3 is 15.7 Å². The molecule has 20 heavy (non-hydrogen) atoms. The first kappa shape index (κ1) is 16.8. The molecule has 2 amide bonds. The SMILES string of the molecule is CSCCCCNC(=O)Nc1c(Br)cccc1C(=O)O. The van der Waals surface area contributed by atoms with Crippen molar-refractivity contribution in [2.24, 2.45) is 0 Å². The van der Waals surface area contributed by atoms with E-state index in [1.54, 1.807) is 23.9 Å². The normalized spacial score (nSPS) is 10.1. The third-order valence-corrected chi connectivity index (χ3v) is 3.90. The molecule has 0 heterocycles. The number of hydrogen-bond acceptors (Lipinski definition) is 3. The fourth-order valence-electron chi connectivity index (χ4n) is 1.56. The van der Waals surface area contributed by atoms with Crippen LogP contribution in [0.5, 0.6) is 0 Å². The van der Waals surface area contributed by atoms with Crippen LogP contribution in [0.25, 0.3) is 0 Å². The van der Waals surface area contributed by atoms with E-state index in [-0.39, 0.29) is 11.3 Å². The summed E-state index contributed by atoms with van der Waals surface area (Å²) in [6.07, 6.45) is 3.98. The number of anilines is 1. The number of carbonyl (C=O) groups excluding carboxylic acids is 1. The Hall–Kier alpha value is -1.21. The van der Waals surface area contributed by atoms with Gasteiger partial charge >= 0.3 is 12.0 Å². The Labute approximate surface area is 130 Å². The summed E-state index contributed by atoms with van der Waals surface area (Å²) in [5.41, 5.74) is 0.318. The van der Waals surface area contributed by atoms with Gasteiger partial charge in [-0.2, -0.15) is 11.8 Å². The number of carboxylic acid groups (broad SMARTS) is 1. The van der Waals surface area contributed by atoms with Gasteiger partial charge in [0.05, 0.1) is 11.3 Å². The molecule has 0 unspecified atom stereocenters. The molecule has 0 radical (unpaired) electrons. The highest BCUT2D eigenvalue weighted by Crippen LogP contribution is 2.26. The van der Waals surface area contributed by atoms with Crippen molar-refractivity contribution in [3.63, 3.8) is 0 Å². The zero-order chi connectivity index (χ0) is 15.0. The van der Waals surface area contributed by atoms with Crippen molar-refractivity contribution in [1.82, 2.24) is 5.32 Å². The van der Waals surface area contributed by atoms with Crippen molar-refractivity contribution in [3.05, 3.63) is 28.2 Å². The van der Waals surface area contributed by atoms with Gasteiger partial charge in [0.25, 0.3) is 0 Å². The summed E-state index contributed by atoms with van der Waals surface area (Å²) in [5, 5.41) is 14.4. The van der Waals surface area contributed by atoms with Crippen LogP contribution in [-0.4, -0.2) is 35.7 Å². The van der Waals surface area contributed by atoms with Crippen LogP contribution in [0.2, 0.25) is 0 Å². The van der Waals surface area contributed by atoms with Gasteiger partial charge in [-0.05, 0) is 52.9 Å². The summed E-state index contributed by atoms with van der Waals surface area (Å²) in [6, 6.07) is 4.34. The molecule has 0 spiro atoms. The Morgan fingerprint density at radius 2 is 2.10 bits per heavy atom. The van der Waals surface area contributed by atoms with E-state index in [0.29, 0.717) is 11.0 Å². The molecule has 1 rings (SSSR count). The van der Waals surface area contributed by atoms with E-state index in [2.05, 4.69) is 26.6 Å². The molecule has 110 valence electrons. The van der Waals surface area contributed by atoms with Gasteiger partial charge in [0, 0.05) is 11.0 Å². The van der Waals surface area contributed by atoms with Crippen LogP contribution >= 0.6 is 27.7 Å². The molecule has 0 aromatic heterocycles. The lowest BCUT2D eigenvalue weighted by molar-refractivity contribution is 0.0698. The number of carbonyl (C=O) groups is 2. The monoisotopic (exact) mass is 360 g/mol. The van der Waals surface area contributed by atoms with Gasteiger partial charge in [-0.3, -0.25) is 0 Å². The Morgan fingerprint density at radius 3 is 2.75 bits per heavy atom. The van der Waals surface area contributed by atoms with Crippen LogP contribution in [0, 0.1) is 0 Å². The highest BCUT2D eigenvalue weighted by Gasteiger charge is 2.14. The van der Waals surface area contributed by atoms with Gasteiger partial charge in [-0.1, -0.05) is 6.07 Å². The maximum Gasteiger partial charge on any atom is 0.337 e. The van der Waals surface area contributed by atoms with Gasteiger partial charge in [-0.15, -0.1) is 0 Å². The molecule has 7 heteroatoms.